The highest BCUT2D eigenvalue weighted by atomic mass is 19.1. The fourth-order valence-electron chi connectivity index (χ4n) is 2.54. The van der Waals surface area contributed by atoms with Gasteiger partial charge in [-0.25, -0.2) is 4.39 Å². The van der Waals surface area contributed by atoms with Gasteiger partial charge in [-0.15, -0.1) is 0 Å². The van der Waals surface area contributed by atoms with Crippen molar-refractivity contribution < 1.29 is 14.0 Å². The maximum Gasteiger partial charge on any atom is 0.243 e. The van der Waals surface area contributed by atoms with Crippen LogP contribution >= 0.6 is 0 Å². The first-order valence-electron chi connectivity index (χ1n) is 8.35. The van der Waals surface area contributed by atoms with Crippen LogP contribution in [0.3, 0.4) is 0 Å². The van der Waals surface area contributed by atoms with Crippen molar-refractivity contribution in [3.8, 4) is 0 Å². The van der Waals surface area contributed by atoms with Gasteiger partial charge in [0.1, 0.15) is 5.82 Å². The molecule has 0 fully saturated rings. The maximum atomic E-state index is 12.9. The van der Waals surface area contributed by atoms with Crippen molar-refractivity contribution in [2.24, 2.45) is 0 Å². The molecule has 0 atom stereocenters. The van der Waals surface area contributed by atoms with E-state index in [2.05, 4.69) is 5.32 Å². The Morgan fingerprint density at radius 2 is 1.76 bits per heavy atom. The fraction of sp³-hybridized carbons (Fsp3) is 0.300. The molecule has 2 amide bonds. The Labute approximate surface area is 147 Å². The van der Waals surface area contributed by atoms with Crippen molar-refractivity contribution >= 4 is 17.5 Å². The Bertz CT molecular complexity index is 729. The molecular weight excluding hydrogens is 319 g/mol. The van der Waals surface area contributed by atoms with Gasteiger partial charge < -0.3 is 10.2 Å². The number of para-hydroxylation sites is 1. The molecule has 5 heteroatoms. The predicted molar refractivity (Wildman–Crippen MR) is 96.8 cm³/mol. The van der Waals surface area contributed by atoms with Gasteiger partial charge in [0.15, 0.2) is 0 Å². The van der Waals surface area contributed by atoms with E-state index in [-0.39, 0.29) is 30.6 Å². The SMILES string of the molecule is CCc1ccccc1NC(=O)CN(C)C(=O)CCc1ccc(F)cc1. The summed E-state index contributed by atoms with van der Waals surface area (Å²) in [6, 6.07) is 13.7. The number of hydrogen-bond donors (Lipinski definition) is 1. The molecule has 1 N–H and O–H groups in total. The van der Waals surface area contributed by atoms with E-state index in [1.54, 1.807) is 19.2 Å². The van der Waals surface area contributed by atoms with Crippen LogP contribution in [0.4, 0.5) is 10.1 Å². The fourth-order valence-corrected chi connectivity index (χ4v) is 2.54. The first-order valence-corrected chi connectivity index (χ1v) is 8.35. The summed E-state index contributed by atoms with van der Waals surface area (Å²) < 4.78 is 12.9. The van der Waals surface area contributed by atoms with Gasteiger partial charge in [0.25, 0.3) is 0 Å². The second kappa shape index (κ2) is 8.97. The lowest BCUT2D eigenvalue weighted by atomic mass is 10.1. The van der Waals surface area contributed by atoms with E-state index in [4.69, 9.17) is 0 Å². The minimum absolute atomic E-state index is 0.000297. The molecule has 0 heterocycles. The van der Waals surface area contributed by atoms with E-state index in [1.807, 2.05) is 31.2 Å². The van der Waals surface area contributed by atoms with Gasteiger partial charge in [-0.2, -0.15) is 0 Å². The zero-order valence-corrected chi connectivity index (χ0v) is 14.6. The molecule has 0 aliphatic carbocycles. The molecule has 0 saturated carbocycles. The molecule has 25 heavy (non-hydrogen) atoms. The Morgan fingerprint density at radius 1 is 1.08 bits per heavy atom. The number of carbonyl (C=O) groups is 2. The van der Waals surface area contributed by atoms with Crippen LogP contribution in [0.1, 0.15) is 24.5 Å². The summed E-state index contributed by atoms with van der Waals surface area (Å²) in [5, 5.41) is 2.85. The molecular formula is C20H23FN2O2. The summed E-state index contributed by atoms with van der Waals surface area (Å²) in [4.78, 5) is 25.7. The Kier molecular flexibility index (Phi) is 6.69. The summed E-state index contributed by atoms with van der Waals surface area (Å²) in [6.45, 7) is 2.02. The van der Waals surface area contributed by atoms with E-state index in [0.717, 1.165) is 23.2 Å². The highest BCUT2D eigenvalue weighted by Crippen LogP contribution is 2.15. The number of aryl methyl sites for hydroxylation is 2. The average Bonchev–Trinajstić information content (AvgIpc) is 2.61. The van der Waals surface area contributed by atoms with Crippen LogP contribution in [0.2, 0.25) is 0 Å². The minimum atomic E-state index is -0.295. The Balaban J connectivity index is 1.83. The highest BCUT2D eigenvalue weighted by molar-refractivity contribution is 5.95. The summed E-state index contributed by atoms with van der Waals surface area (Å²) in [7, 11) is 1.61. The van der Waals surface area contributed by atoms with E-state index < -0.39 is 0 Å². The number of benzene rings is 2. The summed E-state index contributed by atoms with van der Waals surface area (Å²) in [5.74, 6) is -0.641. The van der Waals surface area contributed by atoms with Gasteiger partial charge in [0.2, 0.25) is 11.8 Å². The van der Waals surface area contributed by atoms with E-state index >= 15 is 0 Å². The van der Waals surface area contributed by atoms with Crippen molar-refractivity contribution in [1.29, 1.82) is 0 Å². The zero-order valence-electron chi connectivity index (χ0n) is 14.6. The number of nitrogens with zero attached hydrogens (tertiary/aromatic N) is 1. The van der Waals surface area contributed by atoms with Gasteiger partial charge in [-0.1, -0.05) is 37.3 Å². The molecule has 0 bridgehead atoms. The van der Waals surface area contributed by atoms with Crippen LogP contribution in [-0.4, -0.2) is 30.3 Å². The molecule has 0 saturated heterocycles. The molecule has 0 aromatic heterocycles. The predicted octanol–water partition coefficient (Wildman–Crippen LogP) is 3.42. The lowest BCUT2D eigenvalue weighted by molar-refractivity contribution is -0.133. The third-order valence-electron chi connectivity index (χ3n) is 4.02. The number of hydrogen-bond acceptors (Lipinski definition) is 2. The van der Waals surface area contributed by atoms with Crippen LogP contribution in [-0.2, 0) is 22.4 Å². The number of anilines is 1. The molecule has 2 aromatic carbocycles. The van der Waals surface area contributed by atoms with E-state index in [0.29, 0.717) is 6.42 Å². The molecule has 132 valence electrons. The number of amides is 2. The van der Waals surface area contributed by atoms with E-state index in [1.165, 1.54) is 17.0 Å². The van der Waals surface area contributed by atoms with Crippen molar-refractivity contribution in [1.82, 2.24) is 4.90 Å². The van der Waals surface area contributed by atoms with Gasteiger partial charge in [-0.05, 0) is 42.2 Å². The van der Waals surface area contributed by atoms with Gasteiger partial charge in [0, 0.05) is 19.2 Å². The second-order valence-corrected chi connectivity index (χ2v) is 5.94. The zero-order chi connectivity index (χ0) is 18.2. The summed E-state index contributed by atoms with van der Waals surface area (Å²) >= 11 is 0. The van der Waals surface area contributed by atoms with Crippen molar-refractivity contribution in [2.45, 2.75) is 26.2 Å². The van der Waals surface area contributed by atoms with Gasteiger partial charge in [-0.3, -0.25) is 9.59 Å². The molecule has 2 rings (SSSR count). The number of carbonyl (C=O) groups excluding carboxylic acids is 2. The lowest BCUT2D eigenvalue weighted by Gasteiger charge is -2.17. The molecule has 0 aliphatic heterocycles. The van der Waals surface area contributed by atoms with Crippen molar-refractivity contribution in [3.05, 3.63) is 65.5 Å². The standard InChI is InChI=1S/C20H23FN2O2/c1-3-16-6-4-5-7-18(16)22-19(24)14-23(2)20(25)13-10-15-8-11-17(21)12-9-15/h4-9,11-12H,3,10,13-14H2,1-2H3,(H,22,24). The minimum Gasteiger partial charge on any atom is -0.336 e. The van der Waals surface area contributed by atoms with Crippen molar-refractivity contribution in [3.63, 3.8) is 0 Å². The van der Waals surface area contributed by atoms with Gasteiger partial charge in [0.05, 0.1) is 6.54 Å². The molecule has 0 unspecified atom stereocenters. The molecule has 0 spiro atoms. The third kappa shape index (κ3) is 5.71. The Hall–Kier alpha value is -2.69. The first-order chi connectivity index (χ1) is 12.0. The number of rotatable bonds is 7. The number of halogens is 1. The first kappa shape index (κ1) is 18.6. The van der Waals surface area contributed by atoms with Crippen LogP contribution < -0.4 is 5.32 Å². The largest absolute Gasteiger partial charge is 0.336 e. The smallest absolute Gasteiger partial charge is 0.243 e. The van der Waals surface area contributed by atoms with Crippen molar-refractivity contribution in [2.75, 3.05) is 18.9 Å². The normalized spacial score (nSPS) is 10.4. The third-order valence-corrected chi connectivity index (χ3v) is 4.02. The summed E-state index contributed by atoms with van der Waals surface area (Å²) in [6.07, 6.45) is 1.62. The van der Waals surface area contributed by atoms with Crippen LogP contribution in [0, 0.1) is 5.82 Å². The summed E-state index contributed by atoms with van der Waals surface area (Å²) in [5.41, 5.74) is 2.73. The van der Waals surface area contributed by atoms with Crippen LogP contribution in [0.5, 0.6) is 0 Å². The molecule has 4 nitrogen and oxygen atoms in total. The van der Waals surface area contributed by atoms with E-state index in [9.17, 15) is 14.0 Å². The maximum absolute atomic E-state index is 12.9. The monoisotopic (exact) mass is 342 g/mol. The Morgan fingerprint density at radius 3 is 2.44 bits per heavy atom. The second-order valence-electron chi connectivity index (χ2n) is 5.94. The molecule has 0 aliphatic rings. The van der Waals surface area contributed by atoms with Crippen LogP contribution in [0.15, 0.2) is 48.5 Å². The van der Waals surface area contributed by atoms with Crippen LogP contribution in [0.25, 0.3) is 0 Å². The highest BCUT2D eigenvalue weighted by Gasteiger charge is 2.14. The average molecular weight is 342 g/mol. The lowest BCUT2D eigenvalue weighted by Crippen LogP contribution is -2.35. The molecule has 2 aromatic rings. The quantitative estimate of drug-likeness (QED) is 0.838. The topological polar surface area (TPSA) is 49.4 Å². The number of nitrogens with one attached hydrogen (secondary N) is 1. The van der Waals surface area contributed by atoms with Gasteiger partial charge >= 0.3 is 0 Å². The molecule has 0 radical (unpaired) electrons. The number of likely N-dealkylation sites (N-methyl/N-ethyl adjacent to an activating group) is 1.